The van der Waals surface area contributed by atoms with E-state index in [1.165, 1.54) is 6.07 Å². The van der Waals surface area contributed by atoms with Crippen molar-refractivity contribution in [2.24, 2.45) is 0 Å². The Kier molecular flexibility index (Phi) is 3.96. The molecule has 0 aromatic heterocycles. The number of nitrogens with zero attached hydrogens (tertiary/aromatic N) is 1. The Balaban J connectivity index is 3.44. The normalized spacial score (nSPS) is 10.1. The number of alkyl halides is 2. The van der Waals surface area contributed by atoms with Gasteiger partial charge in [0.2, 0.25) is 0 Å². The fraction of sp³-hybridized carbons (Fsp3) is 0.200. The summed E-state index contributed by atoms with van der Waals surface area (Å²) in [6.45, 7) is -3.85. The van der Waals surface area contributed by atoms with Gasteiger partial charge in [-0.15, -0.1) is 0 Å². The fourth-order valence-electron chi connectivity index (χ4n) is 1.26. The lowest BCUT2D eigenvalue weighted by Gasteiger charge is -2.12. The third-order valence-corrected chi connectivity index (χ3v) is 1.96. The molecule has 0 spiro atoms. The molecule has 1 rings (SSSR count). The molecule has 7 heteroatoms. The molecule has 0 aliphatic heterocycles. The minimum absolute atomic E-state index is 0.0770. The van der Waals surface area contributed by atoms with E-state index >= 15 is 0 Å². The minimum atomic E-state index is -3.21. The monoisotopic (exact) mass is 243 g/mol. The number of aromatic carboxylic acids is 1. The standard InChI is InChI=1S/C10H7F2NO4/c11-10(12)17-8-5(4-14)1-2-6(9(15)16)7(8)3-13/h1-2,10,14H,4H2,(H,15,16). The van der Waals surface area contributed by atoms with E-state index in [1.807, 2.05) is 0 Å². The number of hydrogen-bond donors (Lipinski definition) is 2. The average molecular weight is 243 g/mol. The number of aliphatic hydroxyl groups is 1. The van der Waals surface area contributed by atoms with Gasteiger partial charge in [-0.2, -0.15) is 14.0 Å². The second kappa shape index (κ2) is 5.23. The van der Waals surface area contributed by atoms with Crippen molar-refractivity contribution in [1.82, 2.24) is 0 Å². The predicted octanol–water partition coefficient (Wildman–Crippen LogP) is 1.35. The SMILES string of the molecule is N#Cc1c(C(=O)O)ccc(CO)c1OC(F)F. The Morgan fingerprint density at radius 3 is 2.59 bits per heavy atom. The molecular weight excluding hydrogens is 236 g/mol. The zero-order valence-corrected chi connectivity index (χ0v) is 8.35. The third kappa shape index (κ3) is 2.68. The summed E-state index contributed by atoms with van der Waals surface area (Å²) in [5.74, 6) is -2.05. The number of aliphatic hydroxyl groups excluding tert-OH is 1. The highest BCUT2D eigenvalue weighted by Crippen LogP contribution is 2.28. The number of nitriles is 1. The van der Waals surface area contributed by atoms with Gasteiger partial charge in [0.15, 0.2) is 0 Å². The van der Waals surface area contributed by atoms with Crippen LogP contribution in [0.3, 0.4) is 0 Å². The van der Waals surface area contributed by atoms with Crippen LogP contribution >= 0.6 is 0 Å². The first-order chi connectivity index (χ1) is 8.01. The van der Waals surface area contributed by atoms with E-state index in [9.17, 15) is 13.6 Å². The fourth-order valence-corrected chi connectivity index (χ4v) is 1.26. The minimum Gasteiger partial charge on any atom is -0.478 e. The predicted molar refractivity (Wildman–Crippen MR) is 50.7 cm³/mol. The van der Waals surface area contributed by atoms with Crippen molar-refractivity contribution >= 4 is 5.97 Å². The van der Waals surface area contributed by atoms with Crippen molar-refractivity contribution in [3.05, 3.63) is 28.8 Å². The first kappa shape index (κ1) is 12.9. The summed E-state index contributed by atoms with van der Waals surface area (Å²) in [6, 6.07) is 3.63. The van der Waals surface area contributed by atoms with Gasteiger partial charge in [0, 0.05) is 5.56 Å². The van der Waals surface area contributed by atoms with Gasteiger partial charge in [-0.05, 0) is 6.07 Å². The molecule has 0 aliphatic carbocycles. The number of carboxylic acids is 1. The molecule has 0 atom stereocenters. The van der Waals surface area contributed by atoms with Crippen molar-refractivity contribution < 1.29 is 28.5 Å². The van der Waals surface area contributed by atoms with Gasteiger partial charge < -0.3 is 14.9 Å². The van der Waals surface area contributed by atoms with E-state index in [2.05, 4.69) is 4.74 Å². The molecule has 0 saturated carbocycles. The summed E-state index contributed by atoms with van der Waals surface area (Å²) in [7, 11) is 0. The molecule has 0 bridgehead atoms. The highest BCUT2D eigenvalue weighted by atomic mass is 19.3. The van der Waals surface area contributed by atoms with Crippen LogP contribution in [0.1, 0.15) is 21.5 Å². The molecular formula is C10H7F2NO4. The molecule has 0 amide bonds. The van der Waals surface area contributed by atoms with Crippen LogP contribution in [0, 0.1) is 11.3 Å². The Hall–Kier alpha value is -2.20. The van der Waals surface area contributed by atoms with E-state index in [1.54, 1.807) is 0 Å². The molecule has 2 N–H and O–H groups in total. The molecule has 0 unspecified atom stereocenters. The van der Waals surface area contributed by atoms with Crippen LogP contribution in [0.25, 0.3) is 0 Å². The lowest BCUT2D eigenvalue weighted by molar-refractivity contribution is -0.0512. The number of rotatable bonds is 4. The molecule has 0 saturated heterocycles. The largest absolute Gasteiger partial charge is 0.478 e. The lowest BCUT2D eigenvalue weighted by Crippen LogP contribution is -2.10. The first-order valence-electron chi connectivity index (χ1n) is 4.36. The maximum atomic E-state index is 12.1. The number of carboxylic acid groups (broad SMARTS) is 1. The van der Waals surface area contributed by atoms with E-state index in [0.717, 1.165) is 12.1 Å². The zero-order chi connectivity index (χ0) is 13.0. The van der Waals surface area contributed by atoms with Gasteiger partial charge in [-0.1, -0.05) is 6.07 Å². The second-order valence-corrected chi connectivity index (χ2v) is 2.93. The highest BCUT2D eigenvalue weighted by molar-refractivity contribution is 5.91. The van der Waals surface area contributed by atoms with Gasteiger partial charge in [-0.25, -0.2) is 4.79 Å². The van der Waals surface area contributed by atoms with Gasteiger partial charge in [-0.3, -0.25) is 0 Å². The Labute approximate surface area is 94.5 Å². The summed E-state index contributed by atoms with van der Waals surface area (Å²) in [4.78, 5) is 10.8. The Morgan fingerprint density at radius 1 is 1.53 bits per heavy atom. The molecule has 0 aliphatic rings. The molecule has 1 aromatic rings. The molecule has 90 valence electrons. The van der Waals surface area contributed by atoms with Crippen molar-refractivity contribution in [2.45, 2.75) is 13.2 Å². The van der Waals surface area contributed by atoms with Gasteiger partial charge in [0.1, 0.15) is 17.4 Å². The molecule has 0 radical (unpaired) electrons. The Bertz CT molecular complexity index is 482. The van der Waals surface area contributed by atoms with Crippen LogP contribution in [0.5, 0.6) is 5.75 Å². The summed E-state index contributed by atoms with van der Waals surface area (Å²) >= 11 is 0. The second-order valence-electron chi connectivity index (χ2n) is 2.93. The number of carbonyl (C=O) groups is 1. The van der Waals surface area contributed by atoms with Crippen molar-refractivity contribution in [3.63, 3.8) is 0 Å². The lowest BCUT2D eigenvalue weighted by atomic mass is 10.0. The number of hydrogen-bond acceptors (Lipinski definition) is 4. The van der Waals surface area contributed by atoms with Crippen LogP contribution in [-0.4, -0.2) is 22.8 Å². The smallest absolute Gasteiger partial charge is 0.387 e. The van der Waals surface area contributed by atoms with E-state index in [0.29, 0.717) is 0 Å². The Morgan fingerprint density at radius 2 is 2.18 bits per heavy atom. The summed E-state index contributed by atoms with van der Waals surface area (Å²) < 4.78 is 28.3. The molecule has 1 aromatic carbocycles. The maximum absolute atomic E-state index is 12.1. The van der Waals surface area contributed by atoms with Crippen LogP contribution in [-0.2, 0) is 6.61 Å². The maximum Gasteiger partial charge on any atom is 0.387 e. The van der Waals surface area contributed by atoms with E-state index in [4.69, 9.17) is 15.5 Å². The summed E-state index contributed by atoms with van der Waals surface area (Å²) in [5.41, 5.74) is -1.07. The molecule has 17 heavy (non-hydrogen) atoms. The van der Waals surface area contributed by atoms with Gasteiger partial charge >= 0.3 is 12.6 Å². The van der Waals surface area contributed by atoms with E-state index < -0.39 is 36.1 Å². The average Bonchev–Trinajstić information content (AvgIpc) is 2.27. The van der Waals surface area contributed by atoms with Crippen LogP contribution in [0.15, 0.2) is 12.1 Å². The topological polar surface area (TPSA) is 90.6 Å². The van der Waals surface area contributed by atoms with Crippen LogP contribution in [0.2, 0.25) is 0 Å². The number of ether oxygens (including phenoxy) is 1. The van der Waals surface area contributed by atoms with Crippen molar-refractivity contribution in [3.8, 4) is 11.8 Å². The van der Waals surface area contributed by atoms with Crippen LogP contribution in [0.4, 0.5) is 8.78 Å². The van der Waals surface area contributed by atoms with E-state index in [-0.39, 0.29) is 5.56 Å². The molecule has 5 nitrogen and oxygen atoms in total. The number of benzene rings is 1. The first-order valence-corrected chi connectivity index (χ1v) is 4.36. The summed E-state index contributed by atoms with van der Waals surface area (Å²) in [6.07, 6.45) is 0. The van der Waals surface area contributed by atoms with Crippen molar-refractivity contribution in [1.29, 1.82) is 5.26 Å². The van der Waals surface area contributed by atoms with Crippen molar-refractivity contribution in [2.75, 3.05) is 0 Å². The third-order valence-electron chi connectivity index (χ3n) is 1.96. The quantitative estimate of drug-likeness (QED) is 0.832. The highest BCUT2D eigenvalue weighted by Gasteiger charge is 2.20. The summed E-state index contributed by atoms with van der Waals surface area (Å²) in [5, 5.41) is 26.4. The molecule has 0 heterocycles. The van der Waals surface area contributed by atoms with Crippen LogP contribution < -0.4 is 4.74 Å². The number of halogens is 2. The van der Waals surface area contributed by atoms with Gasteiger partial charge in [0.05, 0.1) is 12.2 Å². The van der Waals surface area contributed by atoms with Gasteiger partial charge in [0.25, 0.3) is 0 Å². The zero-order valence-electron chi connectivity index (χ0n) is 8.35. The molecule has 0 fully saturated rings.